The Hall–Kier alpha value is -4.91. The topological polar surface area (TPSA) is 82.2 Å². The molecule has 1 saturated carbocycles. The largest absolute Gasteiger partial charge is 0.511 e. The highest BCUT2D eigenvalue weighted by molar-refractivity contribution is 5.87. The second-order valence-electron chi connectivity index (χ2n) is 10.5. The molecule has 0 bridgehead atoms. The van der Waals surface area contributed by atoms with Crippen LogP contribution in [0.5, 0.6) is 5.75 Å². The van der Waals surface area contributed by atoms with E-state index in [-0.39, 0.29) is 0 Å². The molecule has 0 atom stereocenters. The van der Waals surface area contributed by atoms with Gasteiger partial charge in [-0.05, 0) is 66.8 Å². The Morgan fingerprint density at radius 3 is 2.42 bits per heavy atom. The molecule has 0 saturated heterocycles. The second kappa shape index (κ2) is 9.38. The predicted octanol–water partition coefficient (Wildman–Crippen LogP) is 7.55. The van der Waals surface area contributed by atoms with Crippen LogP contribution in [0.25, 0.3) is 44.6 Å². The monoisotopic (exact) mass is 528 g/mol. The number of carboxylic acid groups (broad SMARTS) is 1. The number of ether oxygens (including phenoxy) is 1. The third kappa shape index (κ3) is 4.20. The van der Waals surface area contributed by atoms with Crippen LogP contribution in [0.15, 0.2) is 84.9 Å². The summed E-state index contributed by atoms with van der Waals surface area (Å²) in [7, 11) is 2.07. The van der Waals surface area contributed by atoms with Crippen molar-refractivity contribution in [1.29, 1.82) is 0 Å². The fourth-order valence-electron chi connectivity index (χ4n) is 5.62. The van der Waals surface area contributed by atoms with Gasteiger partial charge in [-0.25, -0.2) is 14.8 Å². The number of hydrogen-bond donors (Lipinski definition) is 1. The molecule has 0 unspecified atom stereocenters. The van der Waals surface area contributed by atoms with Crippen molar-refractivity contribution < 1.29 is 14.6 Å². The first-order chi connectivity index (χ1) is 19.5. The van der Waals surface area contributed by atoms with E-state index in [1.807, 2.05) is 36.4 Å². The lowest BCUT2D eigenvalue weighted by molar-refractivity contribution is 0.144. The average molecular weight is 529 g/mol. The summed E-state index contributed by atoms with van der Waals surface area (Å²) in [4.78, 5) is 21.2. The van der Waals surface area contributed by atoms with Crippen LogP contribution < -0.4 is 4.74 Å². The summed E-state index contributed by atoms with van der Waals surface area (Å²) in [6.07, 6.45) is 1.01. The molecule has 0 aliphatic heterocycles. The van der Waals surface area contributed by atoms with Crippen LogP contribution in [0.1, 0.15) is 35.7 Å². The van der Waals surface area contributed by atoms with Crippen LogP contribution in [0.2, 0.25) is 0 Å². The maximum atomic E-state index is 11.1. The first-order valence-corrected chi connectivity index (χ1v) is 13.5. The molecule has 4 aromatic carbocycles. The summed E-state index contributed by atoms with van der Waals surface area (Å²) >= 11 is 0. The van der Waals surface area contributed by atoms with Crippen molar-refractivity contribution in [2.75, 3.05) is 0 Å². The zero-order chi connectivity index (χ0) is 27.4. The highest BCUT2D eigenvalue weighted by Crippen LogP contribution is 2.42. The summed E-state index contributed by atoms with van der Waals surface area (Å²) in [5, 5.41) is 9.12. The molecule has 6 aromatic rings. The van der Waals surface area contributed by atoms with E-state index in [1.165, 1.54) is 12.8 Å². The summed E-state index contributed by atoms with van der Waals surface area (Å²) in [6.45, 7) is 2.83. The number of carbonyl (C=O) groups is 1. The van der Waals surface area contributed by atoms with Crippen LogP contribution in [-0.4, -0.2) is 30.4 Å². The van der Waals surface area contributed by atoms with Crippen molar-refractivity contribution in [2.45, 2.75) is 32.2 Å². The van der Waals surface area contributed by atoms with E-state index in [1.54, 1.807) is 12.1 Å². The number of benzene rings is 4. The quantitative estimate of drug-likeness (QED) is 0.178. The minimum Gasteiger partial charge on any atom is -0.449 e. The van der Waals surface area contributed by atoms with Crippen LogP contribution >= 0.6 is 0 Å². The molecule has 2 aromatic heterocycles. The van der Waals surface area contributed by atoms with Gasteiger partial charge < -0.3 is 19.0 Å². The second-order valence-corrected chi connectivity index (χ2v) is 10.5. The lowest BCUT2D eigenvalue weighted by Gasteiger charge is -2.12. The van der Waals surface area contributed by atoms with Gasteiger partial charge in [0.05, 0.1) is 22.1 Å². The number of fused-ring (bicyclic) bond motifs is 2. The smallest absolute Gasteiger partial charge is 0.449 e. The number of nitrogens with zero attached hydrogens (tertiary/aromatic N) is 4. The Balaban J connectivity index is 1.29. The van der Waals surface area contributed by atoms with Gasteiger partial charge in [-0.3, -0.25) is 0 Å². The van der Waals surface area contributed by atoms with Gasteiger partial charge in [0.25, 0.3) is 0 Å². The van der Waals surface area contributed by atoms with Gasteiger partial charge in [-0.1, -0.05) is 54.6 Å². The average Bonchev–Trinajstić information content (AvgIpc) is 3.66. The molecule has 1 aliphatic rings. The van der Waals surface area contributed by atoms with E-state index >= 15 is 0 Å². The van der Waals surface area contributed by atoms with Crippen LogP contribution in [0, 0.1) is 6.92 Å². The van der Waals surface area contributed by atoms with E-state index in [0.717, 1.165) is 61.5 Å². The lowest BCUT2D eigenvalue weighted by Crippen LogP contribution is -2.05. The van der Waals surface area contributed by atoms with Gasteiger partial charge >= 0.3 is 6.16 Å². The molecular formula is C33H28N4O3. The number of aryl methyl sites for hydroxylation is 2. The highest BCUT2D eigenvalue weighted by Gasteiger charge is 2.30. The normalized spacial score (nSPS) is 13.2. The zero-order valence-electron chi connectivity index (χ0n) is 22.3. The van der Waals surface area contributed by atoms with Gasteiger partial charge in [-0.15, -0.1) is 0 Å². The van der Waals surface area contributed by atoms with Gasteiger partial charge in [0.1, 0.15) is 17.4 Å². The standard InChI is InChI=1S/C33H28N4O3/c1-20-17-24(31-34-26-8-4-5-9-27(26)36(31)2)18-28-30(20)35-32(23-15-16-23)37(28)19-21-11-13-22(14-12-21)25-7-3-6-10-29(25)40-33(38)39/h3-14,17-18,23H,15-16,19H2,1-2H3,(H,38,39). The number of rotatable bonds is 6. The van der Waals surface area contributed by atoms with E-state index in [2.05, 4.69) is 59.5 Å². The number of para-hydroxylation sites is 3. The SMILES string of the molecule is Cc1cc(-c2nc3ccccc3n2C)cc2c1nc(C1CC1)n2Cc1ccc(-c2ccccc2OC(=O)O)cc1. The lowest BCUT2D eigenvalue weighted by atomic mass is 10.0. The van der Waals surface area contributed by atoms with E-state index < -0.39 is 6.16 Å². The first-order valence-electron chi connectivity index (χ1n) is 13.5. The predicted molar refractivity (Wildman–Crippen MR) is 156 cm³/mol. The molecule has 40 heavy (non-hydrogen) atoms. The van der Waals surface area contributed by atoms with Crippen molar-refractivity contribution in [2.24, 2.45) is 7.05 Å². The third-order valence-corrected chi connectivity index (χ3v) is 7.75. The van der Waals surface area contributed by atoms with E-state index in [0.29, 0.717) is 18.2 Å². The van der Waals surface area contributed by atoms with Crippen LogP contribution in [-0.2, 0) is 13.6 Å². The van der Waals surface area contributed by atoms with Crippen LogP contribution in [0.4, 0.5) is 4.79 Å². The fraction of sp³-hybridized carbons (Fsp3) is 0.182. The fourth-order valence-corrected chi connectivity index (χ4v) is 5.62. The molecular weight excluding hydrogens is 500 g/mol. The number of imidazole rings is 2. The Morgan fingerprint density at radius 1 is 0.925 bits per heavy atom. The van der Waals surface area contributed by atoms with Crippen molar-refractivity contribution >= 4 is 28.2 Å². The highest BCUT2D eigenvalue weighted by atomic mass is 16.7. The minimum absolute atomic E-state index is 0.323. The maximum Gasteiger partial charge on any atom is 0.511 e. The first kappa shape index (κ1) is 24.2. The molecule has 7 rings (SSSR count). The van der Waals surface area contributed by atoms with Gasteiger partial charge in [0, 0.05) is 30.6 Å². The molecule has 1 aliphatic carbocycles. The minimum atomic E-state index is -1.32. The molecule has 2 heterocycles. The number of hydrogen-bond acceptors (Lipinski definition) is 4. The summed E-state index contributed by atoms with van der Waals surface area (Å²) in [5.41, 5.74) is 9.27. The molecule has 0 radical (unpaired) electrons. The van der Waals surface area contributed by atoms with Crippen molar-refractivity contribution in [3.63, 3.8) is 0 Å². The zero-order valence-corrected chi connectivity index (χ0v) is 22.3. The van der Waals surface area contributed by atoms with Crippen molar-refractivity contribution in [3.05, 3.63) is 102 Å². The Labute approximate surface area is 231 Å². The molecule has 0 spiro atoms. The molecule has 7 nitrogen and oxygen atoms in total. The number of aromatic nitrogens is 4. The Morgan fingerprint density at radius 2 is 1.68 bits per heavy atom. The van der Waals surface area contributed by atoms with Gasteiger partial charge in [0.2, 0.25) is 0 Å². The molecule has 7 heteroatoms. The molecule has 1 N–H and O–H groups in total. The van der Waals surface area contributed by atoms with Crippen molar-refractivity contribution in [3.8, 4) is 28.3 Å². The summed E-state index contributed by atoms with van der Waals surface area (Å²) < 4.78 is 9.52. The molecule has 0 amide bonds. The Bertz CT molecular complexity index is 1910. The van der Waals surface area contributed by atoms with Gasteiger partial charge in [-0.2, -0.15) is 0 Å². The Kier molecular flexibility index (Phi) is 5.66. The van der Waals surface area contributed by atoms with E-state index in [9.17, 15) is 4.79 Å². The maximum absolute atomic E-state index is 11.1. The summed E-state index contributed by atoms with van der Waals surface area (Å²) in [6, 6.07) is 28.1. The van der Waals surface area contributed by atoms with E-state index in [4.69, 9.17) is 19.8 Å². The summed E-state index contributed by atoms with van der Waals surface area (Å²) in [5.74, 6) is 2.90. The van der Waals surface area contributed by atoms with Gasteiger partial charge in [0.15, 0.2) is 0 Å². The third-order valence-electron chi connectivity index (χ3n) is 7.75. The van der Waals surface area contributed by atoms with Crippen molar-refractivity contribution in [1.82, 2.24) is 19.1 Å². The molecule has 1 fully saturated rings. The molecule has 198 valence electrons. The van der Waals surface area contributed by atoms with Crippen LogP contribution in [0.3, 0.4) is 0 Å².